The van der Waals surface area contributed by atoms with Crippen molar-refractivity contribution in [1.82, 2.24) is 0 Å². The molecule has 3 rings (SSSR count). The van der Waals surface area contributed by atoms with Crippen molar-refractivity contribution in [3.8, 4) is 5.75 Å². The van der Waals surface area contributed by atoms with Crippen LogP contribution in [0.5, 0.6) is 5.75 Å². The smallest absolute Gasteiger partial charge is 0.253 e. The molecule has 2 aliphatic heterocycles. The molecule has 25 heavy (non-hydrogen) atoms. The molecule has 2 heterocycles. The number of rotatable bonds is 2. The molecule has 2 atom stereocenters. The highest BCUT2D eigenvalue weighted by atomic mass is 32.2. The molecule has 1 amide bonds. The largest absolute Gasteiger partial charge is 0.497 e. The molecule has 0 bridgehead atoms. The molecular formula is C17H22N2O4S2. The monoisotopic (exact) mass is 382 g/mol. The number of thioether (sulfide) groups is 1. The highest BCUT2D eigenvalue weighted by Gasteiger charge is 2.49. The molecule has 0 aliphatic carbocycles. The Kier molecular flexibility index (Phi) is 4.61. The summed E-state index contributed by atoms with van der Waals surface area (Å²) in [4.78, 5) is 18.6. The van der Waals surface area contributed by atoms with E-state index in [1.165, 1.54) is 11.8 Å². The molecule has 0 N–H and O–H groups in total. The number of fused-ring (bicyclic) bond motifs is 1. The number of benzene rings is 1. The SMILES string of the molecule is COc1ccc(N2C(=NC(=O)C(C)(C)C)SC3CS(=O)(=O)CC32)cc1. The average Bonchev–Trinajstić information content (AvgIpc) is 2.97. The van der Waals surface area contributed by atoms with Crippen molar-refractivity contribution in [2.75, 3.05) is 23.5 Å². The summed E-state index contributed by atoms with van der Waals surface area (Å²) in [5.41, 5.74) is 0.237. The Balaban J connectivity index is 2.00. The Morgan fingerprint density at radius 1 is 1.24 bits per heavy atom. The Bertz CT molecular complexity index is 810. The van der Waals surface area contributed by atoms with Gasteiger partial charge in [0.2, 0.25) is 0 Å². The zero-order chi connectivity index (χ0) is 18.4. The van der Waals surface area contributed by atoms with Crippen LogP contribution in [0.2, 0.25) is 0 Å². The van der Waals surface area contributed by atoms with Crippen LogP contribution in [0, 0.1) is 5.41 Å². The van der Waals surface area contributed by atoms with Gasteiger partial charge in [0.15, 0.2) is 15.0 Å². The van der Waals surface area contributed by atoms with Gasteiger partial charge in [0, 0.05) is 16.4 Å². The Morgan fingerprint density at radius 2 is 1.88 bits per heavy atom. The number of aliphatic imine (C=N–C) groups is 1. The number of methoxy groups -OCH3 is 1. The second kappa shape index (κ2) is 6.32. The van der Waals surface area contributed by atoms with Crippen LogP contribution >= 0.6 is 11.8 Å². The lowest BCUT2D eigenvalue weighted by Crippen LogP contribution is -2.38. The number of amides is 1. The number of hydrogen-bond acceptors (Lipinski definition) is 5. The molecule has 8 heteroatoms. The minimum atomic E-state index is -3.07. The predicted octanol–water partition coefficient (Wildman–Crippen LogP) is 2.34. The first kappa shape index (κ1) is 18.3. The van der Waals surface area contributed by atoms with Crippen LogP contribution in [0.25, 0.3) is 0 Å². The van der Waals surface area contributed by atoms with E-state index < -0.39 is 15.3 Å². The van der Waals surface area contributed by atoms with Crippen LogP contribution in [0.3, 0.4) is 0 Å². The third kappa shape index (κ3) is 3.69. The first-order valence-corrected chi connectivity index (χ1v) is 10.7. The summed E-state index contributed by atoms with van der Waals surface area (Å²) in [7, 11) is -1.47. The molecule has 0 spiro atoms. The number of sulfone groups is 1. The van der Waals surface area contributed by atoms with Crippen molar-refractivity contribution >= 4 is 38.4 Å². The average molecular weight is 383 g/mol. The van der Waals surface area contributed by atoms with E-state index in [1.807, 2.05) is 49.9 Å². The number of ether oxygens (including phenoxy) is 1. The zero-order valence-corrected chi connectivity index (χ0v) is 16.4. The van der Waals surface area contributed by atoms with Gasteiger partial charge in [-0.15, -0.1) is 0 Å². The van der Waals surface area contributed by atoms with Gasteiger partial charge in [-0.05, 0) is 24.3 Å². The molecule has 1 aromatic carbocycles. The van der Waals surface area contributed by atoms with Crippen LogP contribution in [0.15, 0.2) is 29.3 Å². The van der Waals surface area contributed by atoms with Crippen molar-refractivity contribution < 1.29 is 17.9 Å². The number of nitrogens with zero attached hydrogens (tertiary/aromatic N) is 2. The molecule has 2 fully saturated rings. The summed E-state index contributed by atoms with van der Waals surface area (Å²) in [5.74, 6) is 0.712. The molecule has 0 radical (unpaired) electrons. The molecule has 0 saturated carbocycles. The number of hydrogen-bond donors (Lipinski definition) is 0. The first-order valence-electron chi connectivity index (χ1n) is 8.04. The summed E-state index contributed by atoms with van der Waals surface area (Å²) in [6.45, 7) is 5.46. The van der Waals surface area contributed by atoms with Crippen LogP contribution < -0.4 is 9.64 Å². The van der Waals surface area contributed by atoms with Crippen molar-refractivity contribution in [2.45, 2.75) is 32.1 Å². The molecule has 136 valence electrons. The third-order valence-corrected chi connectivity index (χ3v) is 7.47. The molecule has 2 aliphatic rings. The Hall–Kier alpha value is -1.54. The maximum atomic E-state index is 12.4. The van der Waals surface area contributed by atoms with Crippen LogP contribution in [-0.4, -0.2) is 49.4 Å². The highest BCUT2D eigenvalue weighted by Crippen LogP contribution is 2.41. The van der Waals surface area contributed by atoms with Gasteiger partial charge in [0.25, 0.3) is 5.91 Å². The van der Waals surface area contributed by atoms with Gasteiger partial charge in [-0.25, -0.2) is 8.42 Å². The third-order valence-electron chi connectivity index (χ3n) is 4.26. The maximum absolute atomic E-state index is 12.4. The van der Waals surface area contributed by atoms with Gasteiger partial charge in [0.1, 0.15) is 5.75 Å². The molecule has 1 aromatic rings. The van der Waals surface area contributed by atoms with Gasteiger partial charge in [-0.3, -0.25) is 4.79 Å². The van der Waals surface area contributed by atoms with E-state index in [2.05, 4.69) is 4.99 Å². The minimum Gasteiger partial charge on any atom is -0.497 e. The summed E-state index contributed by atoms with van der Waals surface area (Å²) >= 11 is 1.39. The van der Waals surface area contributed by atoms with Crippen LogP contribution in [0.1, 0.15) is 20.8 Å². The summed E-state index contributed by atoms with van der Waals surface area (Å²) in [6.07, 6.45) is 0. The van der Waals surface area contributed by atoms with E-state index in [4.69, 9.17) is 4.74 Å². The van der Waals surface area contributed by atoms with Crippen LogP contribution in [0.4, 0.5) is 5.69 Å². The van der Waals surface area contributed by atoms with Gasteiger partial charge in [-0.2, -0.15) is 4.99 Å². The molecule has 0 aromatic heterocycles. The summed E-state index contributed by atoms with van der Waals surface area (Å²) < 4.78 is 29.3. The predicted molar refractivity (Wildman–Crippen MR) is 101 cm³/mol. The number of carbonyl (C=O) groups is 1. The number of amidine groups is 1. The molecule has 2 saturated heterocycles. The standard InChI is InChI=1S/C17H22N2O4S2/c1-17(2,3)15(20)18-16-19(11-5-7-12(23-4)8-6-11)13-9-25(21,22)10-14(13)24-16/h5-8,13-14H,9-10H2,1-4H3. The van der Waals surface area contributed by atoms with E-state index in [-0.39, 0.29) is 28.7 Å². The van der Waals surface area contributed by atoms with Crippen molar-refractivity contribution in [3.63, 3.8) is 0 Å². The maximum Gasteiger partial charge on any atom is 0.253 e. The lowest BCUT2D eigenvalue weighted by molar-refractivity contribution is -0.124. The fraction of sp³-hybridized carbons (Fsp3) is 0.529. The molecule has 6 nitrogen and oxygen atoms in total. The summed E-state index contributed by atoms with van der Waals surface area (Å²) in [5, 5.41) is 0.480. The van der Waals surface area contributed by atoms with Gasteiger partial charge < -0.3 is 9.64 Å². The van der Waals surface area contributed by atoms with E-state index >= 15 is 0 Å². The number of carbonyl (C=O) groups excluding carboxylic acids is 1. The van der Waals surface area contributed by atoms with Crippen LogP contribution in [-0.2, 0) is 14.6 Å². The Labute approximate surface area is 152 Å². The lowest BCUT2D eigenvalue weighted by Gasteiger charge is -2.25. The highest BCUT2D eigenvalue weighted by molar-refractivity contribution is 8.16. The van der Waals surface area contributed by atoms with E-state index in [9.17, 15) is 13.2 Å². The fourth-order valence-electron chi connectivity index (χ4n) is 2.86. The zero-order valence-electron chi connectivity index (χ0n) is 14.7. The topological polar surface area (TPSA) is 76.0 Å². The normalized spacial score (nSPS) is 26.7. The fourth-order valence-corrected chi connectivity index (χ4v) is 6.78. The molecule has 2 unspecified atom stereocenters. The lowest BCUT2D eigenvalue weighted by atomic mass is 9.96. The quantitative estimate of drug-likeness (QED) is 0.781. The van der Waals surface area contributed by atoms with Crippen molar-refractivity contribution in [2.24, 2.45) is 10.4 Å². The van der Waals surface area contributed by atoms with Gasteiger partial charge in [-0.1, -0.05) is 32.5 Å². The second-order valence-electron chi connectivity index (χ2n) is 7.32. The van der Waals surface area contributed by atoms with Crippen molar-refractivity contribution in [1.29, 1.82) is 0 Å². The van der Waals surface area contributed by atoms with Gasteiger partial charge in [0.05, 0.1) is 24.7 Å². The Morgan fingerprint density at radius 3 is 2.44 bits per heavy atom. The van der Waals surface area contributed by atoms with E-state index in [0.29, 0.717) is 5.17 Å². The van der Waals surface area contributed by atoms with E-state index in [0.717, 1.165) is 11.4 Å². The van der Waals surface area contributed by atoms with Gasteiger partial charge >= 0.3 is 0 Å². The number of anilines is 1. The van der Waals surface area contributed by atoms with E-state index in [1.54, 1.807) is 7.11 Å². The van der Waals surface area contributed by atoms with Crippen molar-refractivity contribution in [3.05, 3.63) is 24.3 Å². The first-order chi connectivity index (χ1) is 11.6. The molecular weight excluding hydrogens is 360 g/mol. The minimum absolute atomic E-state index is 0.0828. The second-order valence-corrected chi connectivity index (χ2v) is 10.7. The summed E-state index contributed by atoms with van der Waals surface area (Å²) in [6, 6.07) is 7.17.